The van der Waals surface area contributed by atoms with E-state index < -0.39 is 4.92 Å². The SMILES string of the molecule is Nc1nc(Nc2ccc(Br)cc2Cl)ccc1[N+](=O)[O-]. The number of nitrogen functional groups attached to an aromatic ring is 1. The molecule has 6 nitrogen and oxygen atoms in total. The first kappa shape index (κ1) is 13.6. The third-order valence-corrected chi connectivity index (χ3v) is 3.10. The van der Waals surface area contributed by atoms with E-state index in [2.05, 4.69) is 26.2 Å². The van der Waals surface area contributed by atoms with Crippen LogP contribution in [0.25, 0.3) is 0 Å². The average Bonchev–Trinajstić information content (AvgIpc) is 2.32. The lowest BCUT2D eigenvalue weighted by molar-refractivity contribution is -0.384. The number of hydrogen-bond acceptors (Lipinski definition) is 5. The molecule has 0 saturated carbocycles. The first-order valence-electron chi connectivity index (χ1n) is 5.10. The van der Waals surface area contributed by atoms with E-state index in [0.717, 1.165) is 4.47 Å². The highest BCUT2D eigenvalue weighted by Gasteiger charge is 2.13. The fourth-order valence-electron chi connectivity index (χ4n) is 1.42. The smallest absolute Gasteiger partial charge is 0.311 e. The molecule has 0 aliphatic rings. The Labute approximate surface area is 121 Å². The third-order valence-electron chi connectivity index (χ3n) is 2.29. The number of aromatic nitrogens is 1. The largest absolute Gasteiger partial charge is 0.378 e. The van der Waals surface area contributed by atoms with Gasteiger partial charge >= 0.3 is 5.69 Å². The van der Waals surface area contributed by atoms with E-state index in [1.165, 1.54) is 12.1 Å². The van der Waals surface area contributed by atoms with Crippen molar-refractivity contribution < 1.29 is 4.92 Å². The maximum absolute atomic E-state index is 10.6. The molecule has 3 N–H and O–H groups in total. The predicted molar refractivity (Wildman–Crippen MR) is 77.7 cm³/mol. The Morgan fingerprint density at radius 1 is 1.37 bits per heavy atom. The van der Waals surface area contributed by atoms with Crippen molar-refractivity contribution in [2.45, 2.75) is 0 Å². The van der Waals surface area contributed by atoms with Crippen molar-refractivity contribution >= 4 is 50.5 Å². The quantitative estimate of drug-likeness (QED) is 0.654. The second-order valence-electron chi connectivity index (χ2n) is 3.61. The zero-order valence-electron chi connectivity index (χ0n) is 9.43. The molecule has 2 aromatic rings. The van der Waals surface area contributed by atoms with Crippen molar-refractivity contribution in [2.75, 3.05) is 11.1 Å². The number of hydrogen-bond donors (Lipinski definition) is 2. The van der Waals surface area contributed by atoms with Gasteiger partial charge in [0.05, 0.1) is 15.6 Å². The third kappa shape index (κ3) is 3.12. The summed E-state index contributed by atoms with van der Waals surface area (Å²) in [5.74, 6) is 0.232. The van der Waals surface area contributed by atoms with Crippen molar-refractivity contribution in [3.05, 3.63) is 49.9 Å². The maximum atomic E-state index is 10.6. The minimum atomic E-state index is -0.585. The van der Waals surface area contributed by atoms with Crippen LogP contribution in [-0.4, -0.2) is 9.91 Å². The van der Waals surface area contributed by atoms with Crippen LogP contribution in [0, 0.1) is 10.1 Å². The van der Waals surface area contributed by atoms with Crippen molar-refractivity contribution in [1.82, 2.24) is 4.98 Å². The molecule has 98 valence electrons. The molecule has 0 bridgehead atoms. The Balaban J connectivity index is 2.29. The van der Waals surface area contributed by atoms with Gasteiger partial charge in [-0.15, -0.1) is 0 Å². The van der Waals surface area contributed by atoms with Crippen LogP contribution in [-0.2, 0) is 0 Å². The number of rotatable bonds is 3. The minimum Gasteiger partial charge on any atom is -0.378 e. The molecule has 0 aliphatic heterocycles. The van der Waals surface area contributed by atoms with Crippen LogP contribution < -0.4 is 11.1 Å². The fourth-order valence-corrected chi connectivity index (χ4v) is 2.14. The highest BCUT2D eigenvalue weighted by atomic mass is 79.9. The van der Waals surface area contributed by atoms with Crippen molar-refractivity contribution in [2.24, 2.45) is 0 Å². The Bertz CT molecular complexity index is 651. The Hall–Kier alpha value is -1.86. The van der Waals surface area contributed by atoms with E-state index in [1.54, 1.807) is 12.1 Å². The van der Waals surface area contributed by atoms with Gasteiger partial charge in [-0.2, -0.15) is 0 Å². The van der Waals surface area contributed by atoms with Crippen LogP contribution in [0.15, 0.2) is 34.8 Å². The zero-order valence-corrected chi connectivity index (χ0v) is 11.8. The van der Waals surface area contributed by atoms with E-state index in [4.69, 9.17) is 17.3 Å². The van der Waals surface area contributed by atoms with Gasteiger partial charge in [-0.25, -0.2) is 4.98 Å². The molecule has 0 radical (unpaired) electrons. The first-order valence-corrected chi connectivity index (χ1v) is 6.27. The van der Waals surface area contributed by atoms with E-state index in [-0.39, 0.29) is 11.5 Å². The molecular formula is C11H8BrClN4O2. The number of anilines is 3. The molecule has 0 fully saturated rings. The van der Waals surface area contributed by atoms with Crippen LogP contribution in [0.2, 0.25) is 5.02 Å². The maximum Gasteiger partial charge on any atom is 0.311 e. The number of pyridine rings is 1. The number of benzene rings is 1. The monoisotopic (exact) mass is 342 g/mol. The van der Waals surface area contributed by atoms with Crippen LogP contribution in [0.4, 0.5) is 23.0 Å². The number of nitro groups is 1. The molecular weight excluding hydrogens is 336 g/mol. The molecule has 0 aliphatic carbocycles. The molecule has 8 heteroatoms. The summed E-state index contributed by atoms with van der Waals surface area (Å²) < 4.78 is 0.847. The normalized spacial score (nSPS) is 10.2. The van der Waals surface area contributed by atoms with E-state index >= 15 is 0 Å². The average molecular weight is 344 g/mol. The molecule has 1 aromatic carbocycles. The number of nitrogens with two attached hydrogens (primary N) is 1. The Morgan fingerprint density at radius 3 is 2.68 bits per heavy atom. The number of nitrogens with zero attached hydrogens (tertiary/aromatic N) is 2. The summed E-state index contributed by atoms with van der Waals surface area (Å²) in [7, 11) is 0. The summed E-state index contributed by atoms with van der Waals surface area (Å²) in [6.45, 7) is 0. The zero-order chi connectivity index (χ0) is 14.0. The van der Waals surface area contributed by atoms with Gasteiger partial charge in [-0.1, -0.05) is 27.5 Å². The lowest BCUT2D eigenvalue weighted by atomic mass is 10.3. The molecule has 0 spiro atoms. The van der Waals surface area contributed by atoms with Gasteiger partial charge in [0.2, 0.25) is 5.82 Å². The van der Waals surface area contributed by atoms with E-state index in [1.807, 2.05) is 6.07 Å². The Morgan fingerprint density at radius 2 is 2.11 bits per heavy atom. The van der Waals surface area contributed by atoms with Crippen molar-refractivity contribution in [3.63, 3.8) is 0 Å². The summed E-state index contributed by atoms with van der Waals surface area (Å²) in [5.41, 5.74) is 5.91. The van der Waals surface area contributed by atoms with E-state index in [0.29, 0.717) is 16.5 Å². The van der Waals surface area contributed by atoms with Gasteiger partial charge in [0.25, 0.3) is 0 Å². The summed E-state index contributed by atoms with van der Waals surface area (Å²) in [5, 5.41) is 14.1. The molecule has 2 rings (SSSR count). The molecule has 0 atom stereocenters. The summed E-state index contributed by atoms with van der Waals surface area (Å²) in [6.07, 6.45) is 0. The van der Waals surface area contributed by atoms with Crippen molar-refractivity contribution in [3.8, 4) is 0 Å². The fraction of sp³-hybridized carbons (Fsp3) is 0. The molecule has 0 unspecified atom stereocenters. The lowest BCUT2D eigenvalue weighted by Crippen LogP contribution is -2.01. The van der Waals surface area contributed by atoms with Gasteiger partial charge in [0.15, 0.2) is 0 Å². The van der Waals surface area contributed by atoms with Crippen molar-refractivity contribution in [1.29, 1.82) is 0 Å². The topological polar surface area (TPSA) is 94.1 Å². The highest BCUT2D eigenvalue weighted by Crippen LogP contribution is 2.29. The van der Waals surface area contributed by atoms with Gasteiger partial charge in [0, 0.05) is 10.5 Å². The second kappa shape index (κ2) is 5.41. The summed E-state index contributed by atoms with van der Waals surface area (Å²) >= 11 is 9.34. The first-order chi connectivity index (χ1) is 8.97. The van der Waals surface area contributed by atoms with Gasteiger partial charge < -0.3 is 11.1 Å². The number of halogens is 2. The number of nitrogens with one attached hydrogen (secondary N) is 1. The predicted octanol–water partition coefficient (Wildman–Crippen LogP) is 3.73. The van der Waals surface area contributed by atoms with Gasteiger partial charge in [-0.05, 0) is 24.3 Å². The van der Waals surface area contributed by atoms with Crippen LogP contribution in [0.5, 0.6) is 0 Å². The van der Waals surface area contributed by atoms with Crippen LogP contribution in [0.1, 0.15) is 0 Å². The minimum absolute atomic E-state index is 0.150. The molecule has 1 heterocycles. The van der Waals surface area contributed by atoms with Crippen LogP contribution in [0.3, 0.4) is 0 Å². The van der Waals surface area contributed by atoms with Gasteiger partial charge in [0.1, 0.15) is 5.82 Å². The molecule has 1 aromatic heterocycles. The summed E-state index contributed by atoms with van der Waals surface area (Å²) in [6, 6.07) is 8.04. The second-order valence-corrected chi connectivity index (χ2v) is 4.93. The summed E-state index contributed by atoms with van der Waals surface area (Å²) in [4.78, 5) is 13.9. The van der Waals surface area contributed by atoms with Gasteiger partial charge in [-0.3, -0.25) is 10.1 Å². The Kier molecular flexibility index (Phi) is 3.87. The standard InChI is InChI=1S/C11H8BrClN4O2/c12-6-1-2-8(7(13)5-6)15-10-4-3-9(17(18)19)11(14)16-10/h1-5H,(H3,14,15,16). The lowest BCUT2D eigenvalue weighted by Gasteiger charge is -2.08. The molecule has 19 heavy (non-hydrogen) atoms. The highest BCUT2D eigenvalue weighted by molar-refractivity contribution is 9.10. The van der Waals surface area contributed by atoms with E-state index in [9.17, 15) is 10.1 Å². The van der Waals surface area contributed by atoms with Crippen LogP contribution >= 0.6 is 27.5 Å². The molecule has 0 amide bonds. The molecule has 0 saturated heterocycles.